The van der Waals surface area contributed by atoms with Gasteiger partial charge in [0.15, 0.2) is 11.4 Å². The number of aryl methyl sites for hydroxylation is 1. The van der Waals surface area contributed by atoms with Crippen molar-refractivity contribution in [2.45, 2.75) is 37.6 Å². The average Bonchev–Trinajstić information content (AvgIpc) is 3.38. The maximum atomic E-state index is 13.3. The lowest BCUT2D eigenvalue weighted by molar-refractivity contribution is 0.402. The molecule has 36 heavy (non-hydrogen) atoms. The standard InChI is InChI=1S/C25H29N5O5S/c1-4-16-5-6-20(33-2)23(13-16)36(31,32)29-25-24-21(34-3)11-17(12-22(24)35-28-25)14-30-15-18-7-9-26-10-8-19(18)27-30/h5-6,11-13,15,26H,4,7-10,14H2,1-3H3,(H,28,29). The Morgan fingerprint density at radius 3 is 2.67 bits per heavy atom. The molecule has 4 aromatic rings. The molecule has 10 nitrogen and oxygen atoms in total. The highest BCUT2D eigenvalue weighted by atomic mass is 32.2. The van der Waals surface area contributed by atoms with Gasteiger partial charge in [-0.1, -0.05) is 18.1 Å². The van der Waals surface area contributed by atoms with E-state index in [4.69, 9.17) is 19.1 Å². The van der Waals surface area contributed by atoms with Gasteiger partial charge in [-0.15, -0.1) is 0 Å². The number of aromatic nitrogens is 3. The van der Waals surface area contributed by atoms with Gasteiger partial charge in [-0.05, 0) is 60.3 Å². The van der Waals surface area contributed by atoms with E-state index >= 15 is 0 Å². The number of benzene rings is 2. The number of hydrogen-bond acceptors (Lipinski definition) is 8. The zero-order valence-electron chi connectivity index (χ0n) is 20.5. The second-order valence-electron chi connectivity index (χ2n) is 8.70. The molecule has 0 saturated heterocycles. The van der Waals surface area contributed by atoms with Gasteiger partial charge in [0.2, 0.25) is 0 Å². The predicted molar refractivity (Wildman–Crippen MR) is 135 cm³/mol. The molecule has 2 aromatic carbocycles. The molecule has 0 fully saturated rings. The van der Waals surface area contributed by atoms with Crippen LogP contribution in [0, 0.1) is 0 Å². The topological polar surface area (TPSA) is 121 Å². The minimum atomic E-state index is -4.01. The monoisotopic (exact) mass is 511 g/mol. The van der Waals surface area contributed by atoms with Crippen LogP contribution in [0.15, 0.2) is 45.9 Å². The number of nitrogens with one attached hydrogen (secondary N) is 2. The lowest BCUT2D eigenvalue weighted by Gasteiger charge is -2.12. The number of sulfonamides is 1. The van der Waals surface area contributed by atoms with E-state index in [1.54, 1.807) is 12.1 Å². The van der Waals surface area contributed by atoms with Crippen LogP contribution < -0.4 is 19.5 Å². The molecular formula is C25H29N5O5S. The van der Waals surface area contributed by atoms with Crippen molar-refractivity contribution in [3.63, 3.8) is 0 Å². The van der Waals surface area contributed by atoms with E-state index in [2.05, 4.69) is 21.4 Å². The van der Waals surface area contributed by atoms with Crippen LogP contribution in [0.25, 0.3) is 11.0 Å². The smallest absolute Gasteiger partial charge is 0.266 e. The molecule has 1 aliphatic rings. The molecule has 11 heteroatoms. The fraction of sp³-hybridized carbons (Fsp3) is 0.360. The lowest BCUT2D eigenvalue weighted by Crippen LogP contribution is -2.17. The lowest BCUT2D eigenvalue weighted by atomic mass is 10.1. The summed E-state index contributed by atoms with van der Waals surface area (Å²) >= 11 is 0. The maximum Gasteiger partial charge on any atom is 0.266 e. The molecule has 0 radical (unpaired) electrons. The largest absolute Gasteiger partial charge is 0.496 e. The van der Waals surface area contributed by atoms with Crippen LogP contribution in [0.2, 0.25) is 0 Å². The molecule has 0 saturated carbocycles. The quantitative estimate of drug-likeness (QED) is 0.370. The van der Waals surface area contributed by atoms with Crippen molar-refractivity contribution in [3.05, 3.63) is 58.9 Å². The first kappa shape index (κ1) is 24.1. The van der Waals surface area contributed by atoms with Crippen molar-refractivity contribution < 1.29 is 22.4 Å². The van der Waals surface area contributed by atoms with Gasteiger partial charge in [0.1, 0.15) is 21.8 Å². The summed E-state index contributed by atoms with van der Waals surface area (Å²) in [7, 11) is -1.05. The fourth-order valence-electron chi connectivity index (χ4n) is 4.49. The first-order chi connectivity index (χ1) is 17.4. The average molecular weight is 512 g/mol. The molecule has 0 unspecified atom stereocenters. The van der Waals surface area contributed by atoms with Gasteiger partial charge in [0, 0.05) is 19.2 Å². The van der Waals surface area contributed by atoms with Gasteiger partial charge in [-0.3, -0.25) is 9.40 Å². The number of ether oxygens (including phenoxy) is 2. The zero-order valence-corrected chi connectivity index (χ0v) is 21.3. The SMILES string of the molecule is CCc1ccc(OC)c(S(=O)(=O)Nc2noc3cc(Cn4cc5c(n4)CCNCC5)cc(OC)c23)c1. The summed E-state index contributed by atoms with van der Waals surface area (Å²) in [5.41, 5.74) is 4.56. The van der Waals surface area contributed by atoms with Crippen molar-refractivity contribution in [2.75, 3.05) is 32.0 Å². The van der Waals surface area contributed by atoms with Crippen molar-refractivity contribution in [2.24, 2.45) is 0 Å². The summed E-state index contributed by atoms with van der Waals surface area (Å²) in [6.07, 6.45) is 4.63. The first-order valence-electron chi connectivity index (χ1n) is 11.8. The van der Waals surface area contributed by atoms with E-state index in [9.17, 15) is 8.42 Å². The number of anilines is 1. The fourth-order valence-corrected chi connectivity index (χ4v) is 5.72. The minimum Gasteiger partial charge on any atom is -0.496 e. The van der Waals surface area contributed by atoms with Crippen LogP contribution in [0.4, 0.5) is 5.82 Å². The Morgan fingerprint density at radius 1 is 1.08 bits per heavy atom. The summed E-state index contributed by atoms with van der Waals surface area (Å²) in [4.78, 5) is 0.0322. The molecule has 0 bridgehead atoms. The predicted octanol–water partition coefficient (Wildman–Crippen LogP) is 3.14. The molecule has 2 N–H and O–H groups in total. The first-order valence-corrected chi connectivity index (χ1v) is 13.3. The van der Waals surface area contributed by atoms with Gasteiger partial charge < -0.3 is 19.3 Å². The Hall–Kier alpha value is -3.57. The van der Waals surface area contributed by atoms with Gasteiger partial charge in [0.05, 0.1) is 26.5 Å². The van der Waals surface area contributed by atoms with Gasteiger partial charge in [0.25, 0.3) is 10.0 Å². The second-order valence-corrected chi connectivity index (χ2v) is 10.3. The molecule has 0 amide bonds. The van der Waals surface area contributed by atoms with Crippen LogP contribution >= 0.6 is 0 Å². The van der Waals surface area contributed by atoms with E-state index in [-0.39, 0.29) is 16.5 Å². The van der Waals surface area contributed by atoms with Crippen molar-refractivity contribution >= 4 is 26.8 Å². The Bertz CT molecular complexity index is 1490. The van der Waals surface area contributed by atoms with E-state index in [1.807, 2.05) is 29.8 Å². The number of methoxy groups -OCH3 is 2. The van der Waals surface area contributed by atoms with E-state index in [0.717, 1.165) is 42.8 Å². The number of nitrogens with zero attached hydrogens (tertiary/aromatic N) is 3. The second kappa shape index (κ2) is 9.82. The molecule has 3 heterocycles. The molecule has 1 aliphatic heterocycles. The molecule has 2 aromatic heterocycles. The third-order valence-corrected chi connectivity index (χ3v) is 7.71. The van der Waals surface area contributed by atoms with Crippen molar-refractivity contribution in [1.29, 1.82) is 0 Å². The summed E-state index contributed by atoms with van der Waals surface area (Å²) in [5.74, 6) is 0.749. The molecule has 190 valence electrons. The van der Waals surface area contributed by atoms with E-state index in [0.29, 0.717) is 29.7 Å². The van der Waals surface area contributed by atoms with Crippen molar-refractivity contribution in [3.8, 4) is 11.5 Å². The summed E-state index contributed by atoms with van der Waals surface area (Å²) < 4.78 is 47.5. The Morgan fingerprint density at radius 2 is 1.89 bits per heavy atom. The van der Waals surface area contributed by atoms with Gasteiger partial charge in [-0.25, -0.2) is 8.42 Å². The van der Waals surface area contributed by atoms with Crippen LogP contribution in [0.1, 0.15) is 29.3 Å². The number of hydrogen-bond donors (Lipinski definition) is 2. The maximum absolute atomic E-state index is 13.3. The van der Waals surface area contributed by atoms with Crippen LogP contribution in [-0.4, -0.2) is 50.7 Å². The zero-order chi connectivity index (χ0) is 25.3. The van der Waals surface area contributed by atoms with Gasteiger partial charge >= 0.3 is 0 Å². The third-order valence-electron chi connectivity index (χ3n) is 6.35. The molecular weight excluding hydrogens is 482 g/mol. The Kier molecular flexibility index (Phi) is 6.59. The normalized spacial score (nSPS) is 13.9. The van der Waals surface area contributed by atoms with E-state index < -0.39 is 10.0 Å². The summed E-state index contributed by atoms with van der Waals surface area (Å²) in [5, 5.41) is 12.6. The van der Waals surface area contributed by atoms with Crippen LogP contribution in [-0.2, 0) is 35.8 Å². The number of fused-ring (bicyclic) bond motifs is 2. The highest BCUT2D eigenvalue weighted by molar-refractivity contribution is 7.92. The third kappa shape index (κ3) is 4.63. The summed E-state index contributed by atoms with van der Waals surface area (Å²) in [6, 6.07) is 8.76. The highest BCUT2D eigenvalue weighted by Gasteiger charge is 2.25. The molecule has 5 rings (SSSR count). The molecule has 0 spiro atoms. The van der Waals surface area contributed by atoms with Crippen LogP contribution in [0.5, 0.6) is 11.5 Å². The molecule has 0 atom stereocenters. The van der Waals surface area contributed by atoms with Gasteiger partial charge in [-0.2, -0.15) is 5.10 Å². The number of rotatable bonds is 8. The Balaban J connectivity index is 1.46. The Labute approximate surface area is 209 Å². The molecule has 0 aliphatic carbocycles. The van der Waals surface area contributed by atoms with Crippen molar-refractivity contribution in [1.82, 2.24) is 20.3 Å². The minimum absolute atomic E-state index is 0.0322. The summed E-state index contributed by atoms with van der Waals surface area (Å²) in [6.45, 7) is 4.35. The van der Waals surface area contributed by atoms with E-state index in [1.165, 1.54) is 19.8 Å². The highest BCUT2D eigenvalue weighted by Crippen LogP contribution is 2.36. The van der Waals surface area contributed by atoms with Crippen LogP contribution in [0.3, 0.4) is 0 Å².